The molecule has 2 rings (SSSR count). The number of hydrogen-bond acceptors (Lipinski definition) is 3. The van der Waals surface area contributed by atoms with Crippen molar-refractivity contribution in [2.75, 3.05) is 32.8 Å². The number of aryl methyl sites for hydroxylation is 1. The van der Waals surface area contributed by atoms with Gasteiger partial charge in [0.2, 0.25) is 0 Å². The highest BCUT2D eigenvalue weighted by molar-refractivity contribution is 5.27. The van der Waals surface area contributed by atoms with Gasteiger partial charge in [-0.05, 0) is 43.6 Å². The summed E-state index contributed by atoms with van der Waals surface area (Å²) >= 11 is 0. The summed E-state index contributed by atoms with van der Waals surface area (Å²) in [5, 5.41) is 3.53. The molecule has 0 aromatic heterocycles. The molecule has 0 amide bonds. The molecule has 0 saturated carbocycles. The largest absolute Gasteiger partial charge is 0.374 e. The predicted molar refractivity (Wildman–Crippen MR) is 84.0 cm³/mol. The summed E-state index contributed by atoms with van der Waals surface area (Å²) in [7, 11) is 0. The maximum atomic E-state index is 13.9. The maximum absolute atomic E-state index is 13.9. The van der Waals surface area contributed by atoms with Gasteiger partial charge in [0, 0.05) is 13.1 Å². The molecular formula is C17H27FN2O. The molecule has 3 nitrogen and oxygen atoms in total. The minimum Gasteiger partial charge on any atom is -0.374 e. The first-order chi connectivity index (χ1) is 10.2. The van der Waals surface area contributed by atoms with Crippen LogP contribution in [0.1, 0.15) is 37.4 Å². The highest BCUT2D eigenvalue weighted by Gasteiger charge is 2.28. The van der Waals surface area contributed by atoms with E-state index in [2.05, 4.69) is 24.1 Å². The van der Waals surface area contributed by atoms with E-state index in [1.807, 2.05) is 12.1 Å². The second-order valence-corrected chi connectivity index (χ2v) is 5.74. The molecule has 2 atom stereocenters. The van der Waals surface area contributed by atoms with E-state index in [0.29, 0.717) is 5.56 Å². The number of ether oxygens (including phenoxy) is 1. The molecule has 0 aliphatic carbocycles. The zero-order valence-electron chi connectivity index (χ0n) is 13.4. The summed E-state index contributed by atoms with van der Waals surface area (Å²) in [5.74, 6) is -0.140. The lowest BCUT2D eigenvalue weighted by Crippen LogP contribution is -2.48. The number of nitrogens with zero attached hydrogens (tertiary/aromatic N) is 1. The van der Waals surface area contributed by atoms with Crippen LogP contribution in [-0.2, 0) is 4.74 Å². The highest BCUT2D eigenvalue weighted by Crippen LogP contribution is 2.24. The van der Waals surface area contributed by atoms with Crippen LogP contribution in [0.25, 0.3) is 0 Å². The molecule has 0 spiro atoms. The Labute approximate surface area is 127 Å². The molecule has 1 N–H and O–H groups in total. The number of benzene rings is 1. The predicted octanol–water partition coefficient (Wildman–Crippen LogP) is 2.90. The topological polar surface area (TPSA) is 24.5 Å². The van der Waals surface area contributed by atoms with Crippen LogP contribution in [0, 0.1) is 12.7 Å². The van der Waals surface area contributed by atoms with E-state index in [1.54, 1.807) is 13.0 Å². The summed E-state index contributed by atoms with van der Waals surface area (Å²) in [6, 6.07) is 5.57. The van der Waals surface area contributed by atoms with Crippen molar-refractivity contribution in [2.45, 2.75) is 39.3 Å². The van der Waals surface area contributed by atoms with Gasteiger partial charge in [-0.2, -0.15) is 0 Å². The Hall–Kier alpha value is -0.970. The van der Waals surface area contributed by atoms with Crippen molar-refractivity contribution in [2.24, 2.45) is 0 Å². The van der Waals surface area contributed by atoms with Crippen LogP contribution in [0.15, 0.2) is 18.2 Å². The van der Waals surface area contributed by atoms with Crippen LogP contribution >= 0.6 is 0 Å². The first-order valence-corrected chi connectivity index (χ1v) is 7.99. The van der Waals surface area contributed by atoms with Gasteiger partial charge in [0.15, 0.2) is 0 Å². The molecule has 0 bridgehead atoms. The van der Waals surface area contributed by atoms with E-state index >= 15 is 0 Å². The van der Waals surface area contributed by atoms with Crippen molar-refractivity contribution in [3.63, 3.8) is 0 Å². The molecule has 1 fully saturated rings. The van der Waals surface area contributed by atoms with Gasteiger partial charge in [-0.15, -0.1) is 0 Å². The molecule has 2 unspecified atom stereocenters. The third-order valence-electron chi connectivity index (χ3n) is 4.17. The van der Waals surface area contributed by atoms with Gasteiger partial charge in [-0.3, -0.25) is 4.90 Å². The van der Waals surface area contributed by atoms with Gasteiger partial charge in [0.1, 0.15) is 5.82 Å². The first kappa shape index (κ1) is 16.4. The summed E-state index contributed by atoms with van der Waals surface area (Å²) in [6.07, 6.45) is 1.13. The molecule has 1 aliphatic heterocycles. The number of morpholine rings is 1. The summed E-state index contributed by atoms with van der Waals surface area (Å²) < 4.78 is 19.9. The normalized spacial score (nSPS) is 21.4. The Kier molecular flexibility index (Phi) is 6.15. The standard InChI is InChI=1S/C17H27FN2O/c1-4-8-19-17(14-7-6-13(3)15(18)11-14)16-12-20(5-2)9-10-21-16/h6-7,11,16-17,19H,4-5,8-10,12H2,1-3H3. The molecule has 1 aliphatic rings. The number of rotatable bonds is 6. The smallest absolute Gasteiger partial charge is 0.126 e. The summed E-state index contributed by atoms with van der Waals surface area (Å²) in [6.45, 7) is 10.7. The quantitative estimate of drug-likeness (QED) is 0.873. The van der Waals surface area contributed by atoms with Crippen molar-refractivity contribution in [3.8, 4) is 0 Å². The van der Waals surface area contributed by atoms with E-state index in [9.17, 15) is 4.39 Å². The van der Waals surface area contributed by atoms with Crippen LogP contribution in [0.2, 0.25) is 0 Å². The lowest BCUT2D eigenvalue weighted by molar-refractivity contribution is -0.0456. The van der Waals surface area contributed by atoms with E-state index in [-0.39, 0.29) is 18.0 Å². The summed E-state index contributed by atoms with van der Waals surface area (Å²) in [4.78, 5) is 2.39. The van der Waals surface area contributed by atoms with Crippen LogP contribution in [0.4, 0.5) is 4.39 Å². The zero-order valence-corrected chi connectivity index (χ0v) is 13.4. The van der Waals surface area contributed by atoms with Gasteiger partial charge in [-0.1, -0.05) is 26.0 Å². The molecule has 21 heavy (non-hydrogen) atoms. The van der Waals surface area contributed by atoms with Crippen molar-refractivity contribution in [1.82, 2.24) is 10.2 Å². The fourth-order valence-electron chi connectivity index (χ4n) is 2.79. The van der Waals surface area contributed by atoms with Crippen molar-refractivity contribution < 1.29 is 9.13 Å². The fourth-order valence-corrected chi connectivity index (χ4v) is 2.79. The second kappa shape index (κ2) is 7.87. The number of hydrogen-bond donors (Lipinski definition) is 1. The second-order valence-electron chi connectivity index (χ2n) is 5.74. The molecule has 1 aromatic rings. The highest BCUT2D eigenvalue weighted by atomic mass is 19.1. The number of nitrogens with one attached hydrogen (secondary N) is 1. The average molecular weight is 294 g/mol. The zero-order chi connectivity index (χ0) is 15.2. The lowest BCUT2D eigenvalue weighted by Gasteiger charge is -2.37. The van der Waals surface area contributed by atoms with Gasteiger partial charge >= 0.3 is 0 Å². The Morgan fingerprint density at radius 1 is 1.43 bits per heavy atom. The van der Waals surface area contributed by atoms with Gasteiger partial charge in [0.05, 0.1) is 18.8 Å². The molecular weight excluding hydrogens is 267 g/mol. The minimum atomic E-state index is -0.140. The Morgan fingerprint density at radius 3 is 2.90 bits per heavy atom. The van der Waals surface area contributed by atoms with E-state index in [4.69, 9.17) is 4.74 Å². The van der Waals surface area contributed by atoms with Crippen LogP contribution < -0.4 is 5.32 Å². The first-order valence-electron chi connectivity index (χ1n) is 7.99. The Balaban J connectivity index is 2.18. The van der Waals surface area contributed by atoms with E-state index in [0.717, 1.165) is 44.8 Å². The van der Waals surface area contributed by atoms with E-state index < -0.39 is 0 Å². The van der Waals surface area contributed by atoms with Gasteiger partial charge in [0.25, 0.3) is 0 Å². The Bertz CT molecular complexity index is 452. The summed E-state index contributed by atoms with van der Waals surface area (Å²) in [5.41, 5.74) is 1.67. The molecule has 1 heterocycles. The monoisotopic (exact) mass is 294 g/mol. The molecule has 1 aromatic carbocycles. The SMILES string of the molecule is CCCNC(c1ccc(C)c(F)c1)C1CN(CC)CCO1. The third-order valence-corrected chi connectivity index (χ3v) is 4.17. The fraction of sp³-hybridized carbons (Fsp3) is 0.647. The maximum Gasteiger partial charge on any atom is 0.126 e. The molecule has 118 valence electrons. The van der Waals surface area contributed by atoms with Crippen LogP contribution in [-0.4, -0.2) is 43.8 Å². The Morgan fingerprint density at radius 2 is 2.24 bits per heavy atom. The van der Waals surface area contributed by atoms with Crippen molar-refractivity contribution in [1.29, 1.82) is 0 Å². The third kappa shape index (κ3) is 4.25. The van der Waals surface area contributed by atoms with Gasteiger partial charge < -0.3 is 10.1 Å². The number of halogens is 1. The lowest BCUT2D eigenvalue weighted by atomic mass is 9.98. The van der Waals surface area contributed by atoms with E-state index in [1.165, 1.54) is 0 Å². The van der Waals surface area contributed by atoms with Crippen molar-refractivity contribution in [3.05, 3.63) is 35.1 Å². The van der Waals surface area contributed by atoms with Crippen LogP contribution in [0.3, 0.4) is 0 Å². The molecule has 0 radical (unpaired) electrons. The van der Waals surface area contributed by atoms with Crippen LogP contribution in [0.5, 0.6) is 0 Å². The van der Waals surface area contributed by atoms with Gasteiger partial charge in [-0.25, -0.2) is 4.39 Å². The average Bonchev–Trinajstić information content (AvgIpc) is 2.51. The van der Waals surface area contributed by atoms with Crippen molar-refractivity contribution >= 4 is 0 Å². The molecule has 1 saturated heterocycles. The minimum absolute atomic E-state index is 0.0504. The number of likely N-dealkylation sites (N-methyl/N-ethyl adjacent to an activating group) is 1. The molecule has 4 heteroatoms.